The monoisotopic (exact) mass is 173 g/mol. The van der Waals surface area contributed by atoms with E-state index in [4.69, 9.17) is 4.52 Å². The maximum absolute atomic E-state index is 5.07. The first-order valence-corrected chi connectivity index (χ1v) is 3.90. The Morgan fingerprint density at radius 2 is 2.31 bits per heavy atom. The smallest absolute Gasteiger partial charge is 0.167 e. The Morgan fingerprint density at radius 1 is 1.54 bits per heavy atom. The molecule has 0 aliphatic rings. The van der Waals surface area contributed by atoms with Crippen molar-refractivity contribution in [2.45, 2.75) is 6.92 Å². The Kier molecular flexibility index (Phi) is 3.07. The minimum Gasteiger partial charge on any atom is -0.356 e. The van der Waals surface area contributed by atoms with Crippen LogP contribution in [0.25, 0.3) is 12.2 Å². The van der Waals surface area contributed by atoms with E-state index < -0.39 is 0 Å². The lowest BCUT2D eigenvalue weighted by molar-refractivity contribution is 0.408. The highest BCUT2D eigenvalue weighted by atomic mass is 16.5. The summed E-state index contributed by atoms with van der Waals surface area (Å²) >= 11 is 0. The van der Waals surface area contributed by atoms with Crippen LogP contribution in [0.3, 0.4) is 0 Å². The lowest BCUT2D eigenvalue weighted by Gasteiger charge is -1.86. The van der Waals surface area contributed by atoms with Crippen LogP contribution in [-0.4, -0.2) is 5.16 Å². The van der Waals surface area contributed by atoms with Crippen molar-refractivity contribution < 1.29 is 4.52 Å². The number of rotatable bonds is 3. The van der Waals surface area contributed by atoms with Crippen LogP contribution in [0, 0.1) is 6.92 Å². The van der Waals surface area contributed by atoms with Crippen LogP contribution in [0.5, 0.6) is 0 Å². The molecule has 0 aliphatic carbocycles. The Labute approximate surface area is 77.6 Å². The molecule has 1 heterocycles. The predicted octanol–water partition coefficient (Wildman–Crippen LogP) is 2.98. The van der Waals surface area contributed by atoms with E-state index in [2.05, 4.69) is 24.0 Å². The summed E-state index contributed by atoms with van der Waals surface area (Å²) in [5.74, 6) is 0.702. The fraction of sp³-hybridized carbons (Fsp3) is 0.0909. The molecule has 1 aromatic heterocycles. The van der Waals surface area contributed by atoms with E-state index in [-0.39, 0.29) is 0 Å². The third kappa shape index (κ3) is 2.08. The second-order valence-electron chi connectivity index (χ2n) is 2.49. The summed E-state index contributed by atoms with van der Waals surface area (Å²) in [6.45, 7) is 8.95. The summed E-state index contributed by atoms with van der Waals surface area (Å²) < 4.78 is 5.07. The van der Waals surface area contributed by atoms with Gasteiger partial charge in [0.05, 0.1) is 11.3 Å². The van der Waals surface area contributed by atoms with Gasteiger partial charge in [-0.15, -0.1) is 5.73 Å². The van der Waals surface area contributed by atoms with E-state index in [1.807, 2.05) is 6.92 Å². The molecule has 0 saturated heterocycles. The number of allylic oxidation sites excluding steroid dienone is 2. The normalized spacial score (nSPS) is 9.92. The van der Waals surface area contributed by atoms with Crippen LogP contribution < -0.4 is 0 Å². The average Bonchev–Trinajstić information content (AvgIpc) is 2.46. The maximum atomic E-state index is 5.07. The number of hydrogen-bond acceptors (Lipinski definition) is 2. The summed E-state index contributed by atoms with van der Waals surface area (Å²) in [5.41, 5.74) is 4.44. The van der Waals surface area contributed by atoms with Crippen LogP contribution in [0.4, 0.5) is 0 Å². The number of aryl methyl sites for hydroxylation is 1. The molecule has 13 heavy (non-hydrogen) atoms. The fourth-order valence-corrected chi connectivity index (χ4v) is 0.948. The van der Waals surface area contributed by atoms with Gasteiger partial charge in [0.2, 0.25) is 0 Å². The van der Waals surface area contributed by atoms with E-state index in [0.717, 1.165) is 11.3 Å². The van der Waals surface area contributed by atoms with Gasteiger partial charge in [-0.25, -0.2) is 0 Å². The molecule has 0 bridgehead atoms. The molecule has 0 saturated carbocycles. The highest BCUT2D eigenvalue weighted by Gasteiger charge is 2.05. The van der Waals surface area contributed by atoms with Gasteiger partial charge in [0.1, 0.15) is 0 Å². The molecule has 0 radical (unpaired) electrons. The van der Waals surface area contributed by atoms with Crippen molar-refractivity contribution in [3.8, 4) is 0 Å². The molecular formula is C11H11NO. The molecule has 1 rings (SSSR count). The van der Waals surface area contributed by atoms with E-state index >= 15 is 0 Å². The quantitative estimate of drug-likeness (QED) is 0.518. The van der Waals surface area contributed by atoms with Crippen molar-refractivity contribution in [3.05, 3.63) is 48.1 Å². The first-order chi connectivity index (χ1) is 6.29. The second kappa shape index (κ2) is 4.29. The zero-order valence-corrected chi connectivity index (χ0v) is 7.58. The van der Waals surface area contributed by atoms with Gasteiger partial charge in [0.25, 0.3) is 0 Å². The molecule has 1 aromatic rings. The van der Waals surface area contributed by atoms with Gasteiger partial charge < -0.3 is 4.52 Å². The maximum Gasteiger partial charge on any atom is 0.167 e. The van der Waals surface area contributed by atoms with Crippen LogP contribution >= 0.6 is 0 Å². The van der Waals surface area contributed by atoms with Crippen molar-refractivity contribution in [2.75, 3.05) is 0 Å². The second-order valence-corrected chi connectivity index (χ2v) is 2.49. The van der Waals surface area contributed by atoms with Crippen LogP contribution in [0.2, 0.25) is 0 Å². The van der Waals surface area contributed by atoms with Gasteiger partial charge in [0.15, 0.2) is 5.76 Å². The summed E-state index contributed by atoms with van der Waals surface area (Å²) in [6.07, 6.45) is 7.02. The van der Waals surface area contributed by atoms with Gasteiger partial charge >= 0.3 is 0 Å². The molecule has 2 heteroatoms. The Hall–Kier alpha value is -1.79. The summed E-state index contributed by atoms with van der Waals surface area (Å²) in [4.78, 5) is 0. The predicted molar refractivity (Wildman–Crippen MR) is 54.1 cm³/mol. The zero-order chi connectivity index (χ0) is 9.68. The third-order valence-corrected chi connectivity index (χ3v) is 1.57. The molecule has 66 valence electrons. The third-order valence-electron chi connectivity index (χ3n) is 1.57. The van der Waals surface area contributed by atoms with Crippen molar-refractivity contribution in [2.24, 2.45) is 0 Å². The lowest BCUT2D eigenvalue weighted by Crippen LogP contribution is -1.75. The van der Waals surface area contributed by atoms with Gasteiger partial charge in [-0.3, -0.25) is 0 Å². The number of aromatic nitrogens is 1. The molecule has 0 atom stereocenters. The highest BCUT2D eigenvalue weighted by Crippen LogP contribution is 2.16. The summed E-state index contributed by atoms with van der Waals surface area (Å²) in [7, 11) is 0. The van der Waals surface area contributed by atoms with Gasteiger partial charge in [-0.1, -0.05) is 30.5 Å². The average molecular weight is 173 g/mol. The van der Waals surface area contributed by atoms with Crippen LogP contribution in [-0.2, 0) is 0 Å². The minimum absolute atomic E-state index is 0.702. The largest absolute Gasteiger partial charge is 0.356 e. The molecule has 0 fully saturated rings. The Morgan fingerprint density at radius 3 is 2.92 bits per heavy atom. The topological polar surface area (TPSA) is 26.0 Å². The number of hydrogen-bond donors (Lipinski definition) is 0. The molecular weight excluding hydrogens is 162 g/mol. The Bertz CT molecular complexity index is 379. The van der Waals surface area contributed by atoms with Gasteiger partial charge in [-0.2, -0.15) is 0 Å². The summed E-state index contributed by atoms with van der Waals surface area (Å²) in [5, 5.41) is 3.83. The van der Waals surface area contributed by atoms with Crippen molar-refractivity contribution >= 4 is 12.2 Å². The first kappa shape index (κ1) is 9.30. The van der Waals surface area contributed by atoms with E-state index in [1.165, 1.54) is 0 Å². The highest BCUT2D eigenvalue weighted by molar-refractivity contribution is 5.62. The van der Waals surface area contributed by atoms with E-state index in [1.54, 1.807) is 24.3 Å². The molecule has 0 spiro atoms. The number of nitrogens with zero attached hydrogens (tertiary/aromatic N) is 1. The molecule has 0 unspecified atom stereocenters. The summed E-state index contributed by atoms with van der Waals surface area (Å²) in [6, 6.07) is 0. The molecule has 0 N–H and O–H groups in total. The zero-order valence-electron chi connectivity index (χ0n) is 7.58. The SMILES string of the molecule is C=C=Cc1c(C)noc1/C=C/C=C. The van der Waals surface area contributed by atoms with Crippen molar-refractivity contribution in [1.82, 2.24) is 5.16 Å². The standard InChI is InChI=1S/C11H11NO/c1-4-6-8-11-10(7-5-2)9(3)12-13-11/h4,6-8H,1-2H2,3H3/b8-6+. The molecule has 0 aliphatic heterocycles. The van der Waals surface area contributed by atoms with Gasteiger partial charge in [-0.05, 0) is 19.1 Å². The minimum atomic E-state index is 0.702. The van der Waals surface area contributed by atoms with Gasteiger partial charge in [0, 0.05) is 0 Å². The van der Waals surface area contributed by atoms with Crippen molar-refractivity contribution in [1.29, 1.82) is 0 Å². The fourth-order valence-electron chi connectivity index (χ4n) is 0.948. The molecule has 0 aromatic carbocycles. The first-order valence-electron chi connectivity index (χ1n) is 3.90. The molecule has 0 amide bonds. The van der Waals surface area contributed by atoms with E-state index in [9.17, 15) is 0 Å². The van der Waals surface area contributed by atoms with Crippen LogP contribution in [0.1, 0.15) is 17.0 Å². The van der Waals surface area contributed by atoms with E-state index in [0.29, 0.717) is 5.76 Å². The lowest BCUT2D eigenvalue weighted by atomic mass is 10.2. The molecule has 2 nitrogen and oxygen atoms in total. The Balaban J connectivity index is 3.13. The van der Waals surface area contributed by atoms with Crippen LogP contribution in [0.15, 0.2) is 35.6 Å². The van der Waals surface area contributed by atoms with Crippen molar-refractivity contribution in [3.63, 3.8) is 0 Å².